The highest BCUT2D eigenvalue weighted by Gasteiger charge is 2.45. The lowest BCUT2D eigenvalue weighted by molar-refractivity contribution is -0.133. The largest absolute Gasteiger partial charge is 0.497 e. The van der Waals surface area contributed by atoms with Crippen LogP contribution in [0, 0.1) is 0 Å². The fourth-order valence-electron chi connectivity index (χ4n) is 4.01. The summed E-state index contributed by atoms with van der Waals surface area (Å²) >= 11 is 0. The number of amides is 2. The number of benzene rings is 1. The van der Waals surface area contributed by atoms with Crippen LogP contribution in [-0.2, 0) is 16.1 Å². The highest BCUT2D eigenvalue weighted by Crippen LogP contribution is 2.31. The summed E-state index contributed by atoms with van der Waals surface area (Å²) in [6.45, 7) is 1.85. The smallest absolute Gasteiger partial charge is 0.251 e. The average Bonchev–Trinajstić information content (AvgIpc) is 3.45. The first-order valence-electron chi connectivity index (χ1n) is 10.4. The van der Waals surface area contributed by atoms with E-state index >= 15 is 0 Å². The van der Waals surface area contributed by atoms with Crippen LogP contribution in [0.4, 0.5) is 5.82 Å². The van der Waals surface area contributed by atoms with Crippen LogP contribution in [0.15, 0.2) is 48.4 Å². The van der Waals surface area contributed by atoms with Crippen molar-refractivity contribution in [3.8, 4) is 11.5 Å². The van der Waals surface area contributed by atoms with Gasteiger partial charge in [0.15, 0.2) is 5.82 Å². The molecule has 1 aromatic heterocycles. The Hall–Kier alpha value is -3.37. The lowest BCUT2D eigenvalue weighted by Crippen LogP contribution is -2.43. The summed E-state index contributed by atoms with van der Waals surface area (Å²) in [5.41, 5.74) is 0. The molecule has 2 aliphatic rings. The zero-order chi connectivity index (χ0) is 22.8. The Morgan fingerprint density at radius 2 is 2.03 bits per heavy atom. The van der Waals surface area contributed by atoms with Gasteiger partial charge in [0.1, 0.15) is 23.3 Å². The summed E-state index contributed by atoms with van der Waals surface area (Å²) in [5.74, 6) is 1.62. The highest BCUT2D eigenvalue weighted by molar-refractivity contribution is 6.03. The minimum atomic E-state index is -0.932. The fourth-order valence-corrected chi connectivity index (χ4v) is 4.01. The van der Waals surface area contributed by atoms with Crippen LogP contribution in [0.25, 0.3) is 0 Å². The first-order valence-corrected chi connectivity index (χ1v) is 10.4. The molecule has 0 aliphatic carbocycles. The number of ether oxygens (including phenoxy) is 2. The molecule has 3 heterocycles. The molecule has 0 radical (unpaired) electrons. The van der Waals surface area contributed by atoms with Crippen LogP contribution in [-0.4, -0.2) is 75.2 Å². The Morgan fingerprint density at radius 3 is 2.78 bits per heavy atom. The maximum absolute atomic E-state index is 13.2. The van der Waals surface area contributed by atoms with Crippen molar-refractivity contribution in [2.24, 2.45) is 0 Å². The van der Waals surface area contributed by atoms with E-state index in [1.54, 1.807) is 48.5 Å². The van der Waals surface area contributed by atoms with E-state index in [1.165, 1.54) is 15.7 Å². The zero-order valence-corrected chi connectivity index (χ0v) is 17.9. The third kappa shape index (κ3) is 4.32. The topological polar surface area (TPSA) is 117 Å². The fraction of sp³-hybridized carbons (Fsp3) is 0.409. The van der Waals surface area contributed by atoms with E-state index in [2.05, 4.69) is 5.10 Å². The molecule has 2 aliphatic heterocycles. The predicted molar refractivity (Wildman–Crippen MR) is 114 cm³/mol. The number of hydrogen-bond donors (Lipinski definition) is 2. The van der Waals surface area contributed by atoms with Crippen molar-refractivity contribution < 1.29 is 29.3 Å². The third-order valence-corrected chi connectivity index (χ3v) is 5.57. The molecule has 1 unspecified atom stereocenters. The number of rotatable bonds is 8. The first-order chi connectivity index (χ1) is 15.4. The van der Waals surface area contributed by atoms with Crippen LogP contribution in [0.2, 0.25) is 0 Å². The van der Waals surface area contributed by atoms with E-state index in [0.29, 0.717) is 29.5 Å². The predicted octanol–water partition coefficient (Wildman–Crippen LogP) is 0.544. The molecule has 1 aromatic carbocycles. The van der Waals surface area contributed by atoms with Gasteiger partial charge in [-0.1, -0.05) is 6.07 Å². The number of methoxy groups -OCH3 is 1. The molecule has 10 heteroatoms. The summed E-state index contributed by atoms with van der Waals surface area (Å²) in [5, 5.41) is 23.0. The molecule has 170 valence electrons. The molecular weight excluding hydrogens is 416 g/mol. The molecule has 2 N–H and O–H groups in total. The van der Waals surface area contributed by atoms with Gasteiger partial charge in [-0.3, -0.25) is 19.2 Å². The minimum Gasteiger partial charge on any atom is -0.497 e. The van der Waals surface area contributed by atoms with Gasteiger partial charge in [-0.2, -0.15) is 5.10 Å². The maximum Gasteiger partial charge on any atom is 0.251 e. The molecule has 10 nitrogen and oxygen atoms in total. The Balaban J connectivity index is 1.43. The monoisotopic (exact) mass is 442 g/mol. The lowest BCUT2D eigenvalue weighted by atomic mass is 10.1. The van der Waals surface area contributed by atoms with Crippen LogP contribution in [0.3, 0.4) is 0 Å². The molecule has 0 spiro atoms. The third-order valence-electron chi connectivity index (χ3n) is 5.57. The minimum absolute atomic E-state index is 0.121. The normalized spacial score (nSPS) is 21.8. The average molecular weight is 442 g/mol. The maximum atomic E-state index is 13.2. The van der Waals surface area contributed by atoms with Gasteiger partial charge in [0.2, 0.25) is 0 Å². The molecule has 1 fully saturated rings. The van der Waals surface area contributed by atoms with Crippen molar-refractivity contribution in [2.45, 2.75) is 38.1 Å². The molecular formula is C22H26N4O6. The molecule has 4 rings (SSSR count). The zero-order valence-electron chi connectivity index (χ0n) is 17.9. The summed E-state index contributed by atoms with van der Waals surface area (Å²) in [7, 11) is 1.57. The van der Waals surface area contributed by atoms with Gasteiger partial charge in [-0.15, -0.1) is 0 Å². The van der Waals surface area contributed by atoms with Gasteiger partial charge >= 0.3 is 0 Å². The number of carbonyl (C=O) groups is 2. The molecule has 32 heavy (non-hydrogen) atoms. The standard InChI is InChI=1S/C22H26N4O6/c1-14-8-19(22(30)26(14)20-6-7-24(23-20)11-15(28)13-27)25-12-18(10-21(25)29)32-17-5-3-4-16(9-17)31-2/h3-7,9-10,14-15,19,27-28H,8,11-13H2,1-2H3/t14?,15-,19+/m1/s1. The van der Waals surface area contributed by atoms with Gasteiger partial charge in [0, 0.05) is 30.4 Å². The van der Waals surface area contributed by atoms with Crippen molar-refractivity contribution in [1.82, 2.24) is 14.7 Å². The van der Waals surface area contributed by atoms with Gasteiger partial charge in [-0.05, 0) is 25.5 Å². The second-order valence-electron chi connectivity index (χ2n) is 7.90. The molecule has 0 bridgehead atoms. The molecule has 2 amide bonds. The number of hydrogen-bond acceptors (Lipinski definition) is 7. The second-order valence-corrected chi connectivity index (χ2v) is 7.90. The van der Waals surface area contributed by atoms with Gasteiger partial charge in [0.25, 0.3) is 11.8 Å². The van der Waals surface area contributed by atoms with Crippen LogP contribution in [0.5, 0.6) is 11.5 Å². The van der Waals surface area contributed by atoms with Crippen molar-refractivity contribution >= 4 is 17.6 Å². The number of aliphatic hydroxyl groups excluding tert-OH is 2. The van der Waals surface area contributed by atoms with E-state index in [9.17, 15) is 14.7 Å². The van der Waals surface area contributed by atoms with Gasteiger partial charge < -0.3 is 24.6 Å². The first kappa shape index (κ1) is 21.8. The van der Waals surface area contributed by atoms with Crippen molar-refractivity contribution in [1.29, 1.82) is 0 Å². The summed E-state index contributed by atoms with van der Waals surface area (Å²) in [6, 6.07) is 7.99. The molecule has 3 atom stereocenters. The van der Waals surface area contributed by atoms with Gasteiger partial charge in [0.05, 0.1) is 32.9 Å². The Bertz CT molecular complexity index is 1030. The summed E-state index contributed by atoms with van der Waals surface area (Å²) in [6.07, 6.45) is 2.59. The van der Waals surface area contributed by atoms with E-state index in [0.717, 1.165) is 0 Å². The van der Waals surface area contributed by atoms with E-state index in [4.69, 9.17) is 14.6 Å². The Morgan fingerprint density at radius 1 is 1.25 bits per heavy atom. The van der Waals surface area contributed by atoms with Crippen LogP contribution >= 0.6 is 0 Å². The summed E-state index contributed by atoms with van der Waals surface area (Å²) < 4.78 is 12.5. The highest BCUT2D eigenvalue weighted by atomic mass is 16.5. The quantitative estimate of drug-likeness (QED) is 0.613. The number of nitrogens with zero attached hydrogens (tertiary/aromatic N) is 4. The van der Waals surface area contributed by atoms with E-state index < -0.39 is 12.1 Å². The van der Waals surface area contributed by atoms with Crippen molar-refractivity contribution in [3.05, 3.63) is 48.4 Å². The number of carbonyl (C=O) groups excluding carboxylic acids is 2. The Labute approximate surface area is 185 Å². The van der Waals surface area contributed by atoms with E-state index in [-0.39, 0.29) is 37.6 Å². The van der Waals surface area contributed by atoms with Crippen LogP contribution in [0.1, 0.15) is 13.3 Å². The molecule has 1 saturated heterocycles. The molecule has 2 aromatic rings. The Kier molecular flexibility index (Phi) is 6.15. The van der Waals surface area contributed by atoms with Crippen molar-refractivity contribution in [2.75, 3.05) is 25.2 Å². The number of anilines is 1. The molecule has 0 saturated carbocycles. The van der Waals surface area contributed by atoms with Crippen molar-refractivity contribution in [3.63, 3.8) is 0 Å². The van der Waals surface area contributed by atoms with Crippen LogP contribution < -0.4 is 14.4 Å². The lowest BCUT2D eigenvalue weighted by Gasteiger charge is -2.23. The van der Waals surface area contributed by atoms with Gasteiger partial charge in [-0.25, -0.2) is 0 Å². The SMILES string of the molecule is COc1cccc(OC2=CC(=O)N([C@H]3CC(C)N(c4ccn(C[C@@H](O)CO)n4)C3=O)C2)c1. The summed E-state index contributed by atoms with van der Waals surface area (Å²) in [4.78, 5) is 28.9. The number of aromatic nitrogens is 2. The number of aliphatic hydroxyl groups is 2. The second kappa shape index (κ2) is 9.01. The van der Waals surface area contributed by atoms with E-state index in [1.807, 2.05) is 6.92 Å².